The third kappa shape index (κ3) is 6.86. The molecule has 0 heterocycles. The lowest BCUT2D eigenvalue weighted by molar-refractivity contribution is -0.153. The number of para-hydroxylation sites is 2. The van der Waals surface area contributed by atoms with Crippen LogP contribution < -0.4 is 14.8 Å². The summed E-state index contributed by atoms with van der Waals surface area (Å²) in [6.07, 6.45) is -1.16. The summed E-state index contributed by atoms with van der Waals surface area (Å²) in [6.45, 7) is 0.375. The van der Waals surface area contributed by atoms with E-state index in [1.165, 1.54) is 25.1 Å². The fourth-order valence-corrected chi connectivity index (χ4v) is 2.27. The van der Waals surface area contributed by atoms with Crippen LogP contribution in [0.4, 0.5) is 14.5 Å². The summed E-state index contributed by atoms with van der Waals surface area (Å²) < 4.78 is 39.7. The van der Waals surface area contributed by atoms with Gasteiger partial charge in [-0.3, -0.25) is 9.59 Å². The Kier molecular flexibility index (Phi) is 7.74. The first-order valence-electron chi connectivity index (χ1n) is 8.59. The molecule has 0 unspecified atom stereocenters. The minimum Gasteiger partial charge on any atom is -0.493 e. The van der Waals surface area contributed by atoms with Gasteiger partial charge in [0.05, 0.1) is 18.7 Å². The molecule has 0 bridgehead atoms. The number of nitrogens with one attached hydrogen (secondary N) is 1. The van der Waals surface area contributed by atoms with E-state index in [2.05, 4.69) is 10.1 Å². The minimum atomic E-state index is -3.03. The lowest BCUT2D eigenvalue weighted by atomic mass is 10.2. The molecule has 0 aliphatic heterocycles. The van der Waals surface area contributed by atoms with Crippen LogP contribution in [0.3, 0.4) is 0 Å². The second-order valence-corrected chi connectivity index (χ2v) is 5.91. The number of halogens is 2. The van der Waals surface area contributed by atoms with Crippen LogP contribution in [0, 0.1) is 6.92 Å². The Labute approximate surface area is 161 Å². The van der Waals surface area contributed by atoms with Crippen LogP contribution in [0.1, 0.15) is 18.9 Å². The molecule has 2 aromatic carbocycles. The second-order valence-electron chi connectivity index (χ2n) is 5.91. The first kappa shape index (κ1) is 21.1. The van der Waals surface area contributed by atoms with Crippen molar-refractivity contribution in [2.45, 2.75) is 33.0 Å². The van der Waals surface area contributed by atoms with Crippen molar-refractivity contribution < 1.29 is 32.6 Å². The van der Waals surface area contributed by atoms with E-state index in [9.17, 15) is 18.4 Å². The predicted octanol–water partition coefficient (Wildman–Crippen LogP) is 3.94. The first-order chi connectivity index (χ1) is 13.3. The number of ether oxygens (including phenoxy) is 3. The fourth-order valence-electron chi connectivity index (χ4n) is 2.27. The van der Waals surface area contributed by atoms with Crippen LogP contribution in [0.5, 0.6) is 11.5 Å². The van der Waals surface area contributed by atoms with Gasteiger partial charge in [0.15, 0.2) is 6.10 Å². The number of benzene rings is 2. The molecule has 0 aromatic heterocycles. The van der Waals surface area contributed by atoms with Gasteiger partial charge in [-0.15, -0.1) is 0 Å². The molecular formula is C20H21F2NO5. The van der Waals surface area contributed by atoms with Gasteiger partial charge < -0.3 is 19.5 Å². The van der Waals surface area contributed by atoms with E-state index in [0.29, 0.717) is 5.75 Å². The molecule has 8 heteroatoms. The van der Waals surface area contributed by atoms with E-state index in [4.69, 9.17) is 9.47 Å². The summed E-state index contributed by atoms with van der Waals surface area (Å²) in [7, 11) is 0. The highest BCUT2D eigenvalue weighted by Gasteiger charge is 2.20. The summed E-state index contributed by atoms with van der Waals surface area (Å²) in [6, 6.07) is 13.1. The maximum atomic E-state index is 12.4. The van der Waals surface area contributed by atoms with Gasteiger partial charge in [-0.1, -0.05) is 24.3 Å². The van der Waals surface area contributed by atoms with Crippen LogP contribution in [-0.4, -0.2) is 31.2 Å². The van der Waals surface area contributed by atoms with Gasteiger partial charge in [0.2, 0.25) is 0 Å². The predicted molar refractivity (Wildman–Crippen MR) is 98.5 cm³/mol. The van der Waals surface area contributed by atoms with Crippen molar-refractivity contribution >= 4 is 17.6 Å². The van der Waals surface area contributed by atoms with Gasteiger partial charge in [0.1, 0.15) is 11.5 Å². The van der Waals surface area contributed by atoms with Crippen molar-refractivity contribution in [1.29, 1.82) is 0 Å². The number of alkyl halides is 2. The van der Waals surface area contributed by atoms with Crippen molar-refractivity contribution in [2.24, 2.45) is 0 Å². The van der Waals surface area contributed by atoms with Crippen LogP contribution in [0.25, 0.3) is 0 Å². The van der Waals surface area contributed by atoms with E-state index in [1.807, 2.05) is 25.1 Å². The number of aryl methyl sites for hydroxylation is 1. The zero-order chi connectivity index (χ0) is 20.5. The quantitative estimate of drug-likeness (QED) is 0.654. The maximum absolute atomic E-state index is 12.4. The van der Waals surface area contributed by atoms with Gasteiger partial charge in [-0.25, -0.2) is 0 Å². The lowest BCUT2D eigenvalue weighted by Gasteiger charge is -2.16. The average Bonchev–Trinajstić information content (AvgIpc) is 2.63. The molecule has 1 N–H and O–H groups in total. The largest absolute Gasteiger partial charge is 0.493 e. The van der Waals surface area contributed by atoms with E-state index >= 15 is 0 Å². The molecule has 2 aromatic rings. The molecule has 0 saturated carbocycles. The molecule has 6 nitrogen and oxygen atoms in total. The van der Waals surface area contributed by atoms with Crippen LogP contribution >= 0.6 is 0 Å². The first-order valence-corrected chi connectivity index (χ1v) is 8.59. The molecule has 0 aliphatic rings. The van der Waals surface area contributed by atoms with E-state index < -0.39 is 24.6 Å². The Morgan fingerprint density at radius 3 is 2.57 bits per heavy atom. The van der Waals surface area contributed by atoms with Crippen molar-refractivity contribution in [3.63, 3.8) is 0 Å². The highest BCUT2D eigenvalue weighted by atomic mass is 19.3. The Morgan fingerprint density at radius 2 is 1.86 bits per heavy atom. The third-order valence-electron chi connectivity index (χ3n) is 3.60. The van der Waals surface area contributed by atoms with Gasteiger partial charge in [-0.05, 0) is 43.7 Å². The van der Waals surface area contributed by atoms with Gasteiger partial charge >= 0.3 is 12.6 Å². The Balaban J connectivity index is 1.81. The smallest absolute Gasteiger partial charge is 0.387 e. The topological polar surface area (TPSA) is 73.9 Å². The molecule has 1 atom stereocenters. The SMILES string of the molecule is Cc1cccc(OCCC(=O)O[C@H](C)C(=O)Nc2ccccc2OC(F)F)c1. The summed E-state index contributed by atoms with van der Waals surface area (Å²) in [4.78, 5) is 24.0. The highest BCUT2D eigenvalue weighted by Crippen LogP contribution is 2.25. The van der Waals surface area contributed by atoms with Crippen molar-refractivity contribution in [2.75, 3.05) is 11.9 Å². The molecule has 1 amide bonds. The molecular weight excluding hydrogens is 372 g/mol. The zero-order valence-electron chi connectivity index (χ0n) is 15.5. The summed E-state index contributed by atoms with van der Waals surface area (Å²) in [5, 5.41) is 2.40. The molecule has 0 spiro atoms. The highest BCUT2D eigenvalue weighted by molar-refractivity contribution is 5.96. The Bertz CT molecular complexity index is 813. The number of rotatable bonds is 9. The van der Waals surface area contributed by atoms with Crippen molar-refractivity contribution in [3.05, 3.63) is 54.1 Å². The van der Waals surface area contributed by atoms with Crippen molar-refractivity contribution in [3.8, 4) is 11.5 Å². The normalized spacial score (nSPS) is 11.6. The number of hydrogen-bond acceptors (Lipinski definition) is 5. The molecule has 0 fully saturated rings. The number of esters is 1. The monoisotopic (exact) mass is 393 g/mol. The van der Waals surface area contributed by atoms with Crippen molar-refractivity contribution in [1.82, 2.24) is 0 Å². The van der Waals surface area contributed by atoms with Crippen LogP contribution in [0.2, 0.25) is 0 Å². The van der Waals surface area contributed by atoms with E-state index in [0.717, 1.165) is 5.56 Å². The average molecular weight is 393 g/mol. The minimum absolute atomic E-state index is 0.0450. The maximum Gasteiger partial charge on any atom is 0.387 e. The molecule has 0 saturated heterocycles. The lowest BCUT2D eigenvalue weighted by Crippen LogP contribution is -2.30. The summed E-state index contributed by atoms with van der Waals surface area (Å²) in [5.74, 6) is -0.837. The number of carbonyl (C=O) groups excluding carboxylic acids is 2. The third-order valence-corrected chi connectivity index (χ3v) is 3.60. The fraction of sp³-hybridized carbons (Fsp3) is 0.300. The van der Waals surface area contributed by atoms with E-state index in [1.54, 1.807) is 12.1 Å². The van der Waals surface area contributed by atoms with Gasteiger partial charge in [-0.2, -0.15) is 8.78 Å². The van der Waals surface area contributed by atoms with E-state index in [-0.39, 0.29) is 24.5 Å². The van der Waals surface area contributed by atoms with Crippen LogP contribution in [0.15, 0.2) is 48.5 Å². The number of anilines is 1. The number of hydrogen-bond donors (Lipinski definition) is 1. The number of amides is 1. The molecule has 28 heavy (non-hydrogen) atoms. The Hall–Kier alpha value is -3.16. The second kappa shape index (κ2) is 10.2. The molecule has 0 radical (unpaired) electrons. The molecule has 0 aliphatic carbocycles. The standard InChI is InChI=1S/C20H21F2NO5/c1-13-6-5-7-15(12-13)26-11-10-18(24)27-14(2)19(25)23-16-8-3-4-9-17(16)28-20(21)22/h3-9,12,14,20H,10-11H2,1-2H3,(H,23,25)/t14-/m1/s1. The van der Waals surface area contributed by atoms with Crippen LogP contribution in [-0.2, 0) is 14.3 Å². The molecule has 2 rings (SSSR count). The van der Waals surface area contributed by atoms with Gasteiger partial charge in [0, 0.05) is 0 Å². The number of carbonyl (C=O) groups is 2. The van der Waals surface area contributed by atoms with Gasteiger partial charge in [0.25, 0.3) is 5.91 Å². The Morgan fingerprint density at radius 1 is 1.11 bits per heavy atom. The molecule has 150 valence electrons. The summed E-state index contributed by atoms with van der Waals surface area (Å²) in [5.41, 5.74) is 1.08. The zero-order valence-corrected chi connectivity index (χ0v) is 15.5. The summed E-state index contributed by atoms with van der Waals surface area (Å²) >= 11 is 0.